The molecule has 2 rings (SSSR count). The second kappa shape index (κ2) is 4.68. The maximum atomic E-state index is 11.5. The molecule has 0 atom stereocenters. The van der Waals surface area contributed by atoms with Gasteiger partial charge in [0.05, 0.1) is 5.69 Å². The van der Waals surface area contributed by atoms with Crippen LogP contribution in [0.3, 0.4) is 0 Å². The van der Waals surface area contributed by atoms with Crippen LogP contribution in [0.5, 0.6) is 0 Å². The molecule has 1 heterocycles. The van der Waals surface area contributed by atoms with Crippen LogP contribution in [0.1, 0.15) is 12.8 Å². The zero-order chi connectivity index (χ0) is 10.5. The lowest BCUT2D eigenvalue weighted by molar-refractivity contribution is 0.132. The Hall–Kier alpha value is -1.71. The summed E-state index contributed by atoms with van der Waals surface area (Å²) in [6, 6.07) is 9.36. The quantitative estimate of drug-likeness (QED) is 0.754. The number of likely N-dealkylation sites (tertiary alicyclic amines) is 1. The van der Waals surface area contributed by atoms with Crippen molar-refractivity contribution in [1.29, 1.82) is 0 Å². The zero-order valence-corrected chi connectivity index (χ0v) is 8.48. The van der Waals surface area contributed by atoms with E-state index in [1.807, 2.05) is 30.3 Å². The van der Waals surface area contributed by atoms with Gasteiger partial charge in [-0.25, -0.2) is 10.3 Å². The molecule has 0 radical (unpaired) electrons. The van der Waals surface area contributed by atoms with E-state index in [9.17, 15) is 4.79 Å². The lowest BCUT2D eigenvalue weighted by Crippen LogP contribution is -2.29. The second-order valence-corrected chi connectivity index (χ2v) is 3.53. The van der Waals surface area contributed by atoms with Gasteiger partial charge < -0.3 is 9.74 Å². The summed E-state index contributed by atoms with van der Waals surface area (Å²) in [6.45, 7) is 1.60. The van der Waals surface area contributed by atoms with Gasteiger partial charge in [-0.05, 0) is 25.0 Å². The van der Waals surface area contributed by atoms with Crippen LogP contribution >= 0.6 is 0 Å². The summed E-state index contributed by atoms with van der Waals surface area (Å²) < 4.78 is 0. The molecule has 0 spiro atoms. The van der Waals surface area contributed by atoms with Crippen molar-refractivity contribution in [2.24, 2.45) is 0 Å². The first-order valence-corrected chi connectivity index (χ1v) is 5.13. The first kappa shape index (κ1) is 9.83. The standard InChI is InChI=1S/C11H14N2O2/c14-11(13-8-4-5-9-13)15-12-10-6-2-1-3-7-10/h1-3,6-7,12H,4-5,8-9H2. The molecule has 15 heavy (non-hydrogen) atoms. The Morgan fingerprint density at radius 2 is 1.87 bits per heavy atom. The molecule has 1 saturated heterocycles. The summed E-state index contributed by atoms with van der Waals surface area (Å²) in [4.78, 5) is 18.1. The maximum Gasteiger partial charge on any atom is 0.434 e. The van der Waals surface area contributed by atoms with Crippen molar-refractivity contribution in [2.45, 2.75) is 12.8 Å². The van der Waals surface area contributed by atoms with Crippen LogP contribution in [0.2, 0.25) is 0 Å². The van der Waals surface area contributed by atoms with Crippen LogP contribution in [0.4, 0.5) is 10.5 Å². The van der Waals surface area contributed by atoms with Gasteiger partial charge in [0.2, 0.25) is 0 Å². The maximum absolute atomic E-state index is 11.5. The topological polar surface area (TPSA) is 41.6 Å². The van der Waals surface area contributed by atoms with E-state index in [0.717, 1.165) is 31.6 Å². The number of hydrogen-bond donors (Lipinski definition) is 1. The number of carbonyl (C=O) groups is 1. The van der Waals surface area contributed by atoms with Crippen LogP contribution in [0, 0.1) is 0 Å². The summed E-state index contributed by atoms with van der Waals surface area (Å²) >= 11 is 0. The van der Waals surface area contributed by atoms with Crippen molar-refractivity contribution in [2.75, 3.05) is 18.6 Å². The number of anilines is 1. The van der Waals surface area contributed by atoms with Crippen LogP contribution in [0.25, 0.3) is 0 Å². The first-order valence-electron chi connectivity index (χ1n) is 5.13. The molecule has 0 saturated carbocycles. The third kappa shape index (κ3) is 2.62. The summed E-state index contributed by atoms with van der Waals surface area (Å²) in [5, 5.41) is 0. The molecule has 1 aliphatic rings. The number of carbonyl (C=O) groups excluding carboxylic acids is 1. The van der Waals surface area contributed by atoms with Gasteiger partial charge in [-0.2, -0.15) is 0 Å². The predicted octanol–water partition coefficient (Wildman–Crippen LogP) is 2.25. The fourth-order valence-corrected chi connectivity index (χ4v) is 1.57. The van der Waals surface area contributed by atoms with Gasteiger partial charge in [-0.3, -0.25) is 0 Å². The molecule has 0 aliphatic carbocycles. The van der Waals surface area contributed by atoms with Crippen LogP contribution in [0.15, 0.2) is 30.3 Å². The van der Waals surface area contributed by atoms with Gasteiger partial charge in [0.25, 0.3) is 0 Å². The molecule has 0 unspecified atom stereocenters. The highest BCUT2D eigenvalue weighted by atomic mass is 16.7. The van der Waals surface area contributed by atoms with Crippen molar-refractivity contribution < 1.29 is 9.63 Å². The Balaban J connectivity index is 1.80. The van der Waals surface area contributed by atoms with Gasteiger partial charge in [0.15, 0.2) is 0 Å². The van der Waals surface area contributed by atoms with Crippen LogP contribution in [-0.4, -0.2) is 24.1 Å². The van der Waals surface area contributed by atoms with E-state index in [4.69, 9.17) is 4.84 Å². The summed E-state index contributed by atoms with van der Waals surface area (Å²) in [5.74, 6) is 0. The Kier molecular flexibility index (Phi) is 3.07. The third-order valence-corrected chi connectivity index (χ3v) is 2.39. The van der Waals surface area contributed by atoms with E-state index < -0.39 is 0 Å². The highest BCUT2D eigenvalue weighted by molar-refractivity contribution is 5.69. The molecular formula is C11H14N2O2. The number of para-hydroxylation sites is 1. The molecule has 0 aromatic heterocycles. The number of nitrogens with one attached hydrogen (secondary N) is 1. The lowest BCUT2D eigenvalue weighted by atomic mass is 10.3. The minimum Gasteiger partial charge on any atom is -0.324 e. The largest absolute Gasteiger partial charge is 0.434 e. The molecule has 1 aromatic carbocycles. The SMILES string of the molecule is O=C(ONc1ccccc1)N1CCCC1. The number of hydrogen-bond acceptors (Lipinski definition) is 3. The van der Waals surface area contributed by atoms with Crippen molar-refractivity contribution in [1.82, 2.24) is 4.90 Å². The molecule has 1 aliphatic heterocycles. The van der Waals surface area contributed by atoms with Gasteiger partial charge in [0, 0.05) is 13.1 Å². The molecule has 1 aromatic rings. The molecular weight excluding hydrogens is 192 g/mol. The van der Waals surface area contributed by atoms with Gasteiger partial charge in [-0.1, -0.05) is 18.2 Å². The lowest BCUT2D eigenvalue weighted by Gasteiger charge is -2.14. The molecule has 0 bridgehead atoms. The number of amides is 1. The van der Waals surface area contributed by atoms with E-state index in [2.05, 4.69) is 5.48 Å². The van der Waals surface area contributed by atoms with E-state index in [-0.39, 0.29) is 6.09 Å². The van der Waals surface area contributed by atoms with Crippen molar-refractivity contribution >= 4 is 11.8 Å². The Morgan fingerprint density at radius 3 is 2.53 bits per heavy atom. The molecule has 4 heteroatoms. The summed E-state index contributed by atoms with van der Waals surface area (Å²) in [6.07, 6.45) is 1.84. The fourth-order valence-electron chi connectivity index (χ4n) is 1.57. The average Bonchev–Trinajstić information content (AvgIpc) is 2.81. The van der Waals surface area contributed by atoms with E-state index in [0.29, 0.717) is 0 Å². The smallest absolute Gasteiger partial charge is 0.324 e. The van der Waals surface area contributed by atoms with Crippen LogP contribution < -0.4 is 5.48 Å². The fraction of sp³-hybridized carbons (Fsp3) is 0.364. The molecule has 1 N–H and O–H groups in total. The van der Waals surface area contributed by atoms with E-state index in [1.54, 1.807) is 4.90 Å². The van der Waals surface area contributed by atoms with Gasteiger partial charge in [-0.15, -0.1) is 0 Å². The Morgan fingerprint density at radius 1 is 1.20 bits per heavy atom. The minimum atomic E-state index is -0.295. The van der Waals surface area contributed by atoms with Crippen molar-refractivity contribution in [3.05, 3.63) is 30.3 Å². The summed E-state index contributed by atoms with van der Waals surface area (Å²) in [7, 11) is 0. The van der Waals surface area contributed by atoms with E-state index >= 15 is 0 Å². The molecule has 1 amide bonds. The first-order chi connectivity index (χ1) is 7.36. The predicted molar refractivity (Wildman–Crippen MR) is 57.4 cm³/mol. The summed E-state index contributed by atoms with van der Waals surface area (Å²) in [5.41, 5.74) is 3.41. The number of benzene rings is 1. The molecule has 4 nitrogen and oxygen atoms in total. The molecule has 1 fully saturated rings. The third-order valence-electron chi connectivity index (χ3n) is 2.39. The number of rotatable bonds is 2. The highest BCUT2D eigenvalue weighted by Gasteiger charge is 2.19. The zero-order valence-electron chi connectivity index (χ0n) is 8.48. The minimum absolute atomic E-state index is 0.295. The van der Waals surface area contributed by atoms with Gasteiger partial charge in [0.1, 0.15) is 0 Å². The van der Waals surface area contributed by atoms with Crippen molar-refractivity contribution in [3.63, 3.8) is 0 Å². The Labute approximate surface area is 88.8 Å². The second-order valence-electron chi connectivity index (χ2n) is 3.53. The number of nitrogens with zero attached hydrogens (tertiary/aromatic N) is 1. The van der Waals surface area contributed by atoms with Crippen molar-refractivity contribution in [3.8, 4) is 0 Å². The monoisotopic (exact) mass is 206 g/mol. The van der Waals surface area contributed by atoms with E-state index in [1.165, 1.54) is 0 Å². The highest BCUT2D eigenvalue weighted by Crippen LogP contribution is 2.10. The van der Waals surface area contributed by atoms with Crippen LogP contribution in [-0.2, 0) is 4.84 Å². The Bertz CT molecular complexity index is 321. The normalized spacial score (nSPS) is 15.1. The average molecular weight is 206 g/mol. The van der Waals surface area contributed by atoms with Gasteiger partial charge >= 0.3 is 6.09 Å². The molecule has 80 valence electrons.